The monoisotopic (exact) mass is 274 g/mol. The number of halogens is 2. The van der Waals surface area contributed by atoms with Gasteiger partial charge in [-0.1, -0.05) is 27.5 Å². The molecule has 0 radical (unpaired) electrons. The van der Waals surface area contributed by atoms with Crippen LogP contribution in [0.3, 0.4) is 0 Å². The fraction of sp³-hybridized carbons (Fsp3) is 0.300. The zero-order valence-electron chi connectivity index (χ0n) is 7.30. The Labute approximate surface area is 95.3 Å². The van der Waals surface area contributed by atoms with Crippen molar-refractivity contribution in [2.24, 2.45) is 0 Å². The largest absolute Gasteiger partial charge is 0.493 e. The van der Waals surface area contributed by atoms with Crippen LogP contribution in [-0.2, 0) is 0 Å². The third kappa shape index (κ3) is 1.79. The summed E-state index contributed by atoms with van der Waals surface area (Å²) in [4.78, 5) is 11.6. The summed E-state index contributed by atoms with van der Waals surface area (Å²) < 4.78 is 5.43. The van der Waals surface area contributed by atoms with Crippen molar-refractivity contribution in [3.63, 3.8) is 0 Å². The minimum absolute atomic E-state index is 0.0417. The van der Waals surface area contributed by atoms with Gasteiger partial charge in [-0.2, -0.15) is 0 Å². The number of rotatable bonds is 0. The zero-order valence-corrected chi connectivity index (χ0v) is 9.64. The molecule has 0 bridgehead atoms. The number of alkyl halides is 1. The van der Waals surface area contributed by atoms with E-state index in [-0.39, 0.29) is 10.6 Å². The summed E-state index contributed by atoms with van der Waals surface area (Å²) in [5, 5.41) is 0.558. The van der Waals surface area contributed by atoms with Crippen molar-refractivity contribution in [1.29, 1.82) is 0 Å². The van der Waals surface area contributed by atoms with Crippen LogP contribution in [0.25, 0.3) is 0 Å². The lowest BCUT2D eigenvalue weighted by atomic mass is 10.1. The van der Waals surface area contributed by atoms with Gasteiger partial charge in [0.1, 0.15) is 5.75 Å². The van der Waals surface area contributed by atoms with Gasteiger partial charge in [0.2, 0.25) is 0 Å². The standard InChI is InChI=1S/C10H8BrClO2/c11-8-3-4-14-9-2-1-6(12)5-7(9)10(8)13/h1-2,5,8H,3-4H2. The molecule has 1 aliphatic heterocycles. The van der Waals surface area contributed by atoms with Crippen LogP contribution in [0.4, 0.5) is 0 Å². The molecule has 1 heterocycles. The fourth-order valence-corrected chi connectivity index (χ4v) is 2.00. The third-order valence-electron chi connectivity index (χ3n) is 2.12. The van der Waals surface area contributed by atoms with Gasteiger partial charge in [-0.3, -0.25) is 4.79 Å². The second-order valence-electron chi connectivity index (χ2n) is 3.11. The first kappa shape index (κ1) is 9.99. The fourth-order valence-electron chi connectivity index (χ4n) is 1.39. The van der Waals surface area contributed by atoms with E-state index in [9.17, 15) is 4.79 Å². The molecule has 14 heavy (non-hydrogen) atoms. The van der Waals surface area contributed by atoms with E-state index in [1.165, 1.54) is 0 Å². The number of hydrogen-bond donors (Lipinski definition) is 0. The predicted octanol–water partition coefficient (Wildman–Crippen LogP) is 3.07. The van der Waals surface area contributed by atoms with Crippen LogP contribution in [-0.4, -0.2) is 17.2 Å². The lowest BCUT2D eigenvalue weighted by Crippen LogP contribution is -2.12. The van der Waals surface area contributed by atoms with E-state index in [0.717, 1.165) is 0 Å². The van der Waals surface area contributed by atoms with Crippen molar-refractivity contribution < 1.29 is 9.53 Å². The molecule has 0 spiro atoms. The number of fused-ring (bicyclic) bond motifs is 1. The molecule has 2 rings (SSSR count). The maximum Gasteiger partial charge on any atom is 0.180 e. The van der Waals surface area contributed by atoms with Gasteiger partial charge in [0.05, 0.1) is 17.0 Å². The Morgan fingerprint density at radius 2 is 2.29 bits per heavy atom. The average molecular weight is 276 g/mol. The number of Topliss-reactive ketones (excluding diaryl/α,β-unsaturated/α-hetero) is 1. The minimum Gasteiger partial charge on any atom is -0.493 e. The Morgan fingerprint density at radius 1 is 1.50 bits per heavy atom. The molecule has 1 aromatic rings. The van der Waals surface area contributed by atoms with Crippen molar-refractivity contribution in [2.75, 3.05) is 6.61 Å². The molecule has 74 valence electrons. The van der Waals surface area contributed by atoms with Gasteiger partial charge < -0.3 is 4.74 Å². The number of ether oxygens (including phenoxy) is 1. The van der Waals surface area contributed by atoms with Gasteiger partial charge in [0, 0.05) is 11.4 Å². The van der Waals surface area contributed by atoms with Crippen molar-refractivity contribution in [3.05, 3.63) is 28.8 Å². The molecule has 1 atom stereocenters. The van der Waals surface area contributed by atoms with Gasteiger partial charge in [-0.05, 0) is 18.2 Å². The summed E-state index contributed by atoms with van der Waals surface area (Å²) in [5.41, 5.74) is 0.567. The van der Waals surface area contributed by atoms with Gasteiger partial charge in [0.25, 0.3) is 0 Å². The van der Waals surface area contributed by atoms with Crippen LogP contribution >= 0.6 is 27.5 Å². The van der Waals surface area contributed by atoms with Crippen LogP contribution in [0.5, 0.6) is 5.75 Å². The van der Waals surface area contributed by atoms with Crippen LogP contribution in [0.1, 0.15) is 16.8 Å². The molecule has 0 saturated heterocycles. The van der Waals surface area contributed by atoms with Crippen molar-refractivity contribution in [2.45, 2.75) is 11.2 Å². The SMILES string of the molecule is O=C1c2cc(Cl)ccc2OCCC1Br. The number of benzene rings is 1. The van der Waals surface area contributed by atoms with Crippen molar-refractivity contribution in [3.8, 4) is 5.75 Å². The van der Waals surface area contributed by atoms with E-state index in [2.05, 4.69) is 15.9 Å². The summed E-state index contributed by atoms with van der Waals surface area (Å²) in [6.45, 7) is 0.552. The maximum atomic E-state index is 11.8. The summed E-state index contributed by atoms with van der Waals surface area (Å²) in [6.07, 6.45) is 0.686. The van der Waals surface area contributed by atoms with Crippen LogP contribution in [0, 0.1) is 0 Å². The van der Waals surface area contributed by atoms with E-state index in [4.69, 9.17) is 16.3 Å². The van der Waals surface area contributed by atoms with Gasteiger partial charge in [-0.25, -0.2) is 0 Å². The van der Waals surface area contributed by atoms with Crippen LogP contribution < -0.4 is 4.74 Å². The van der Waals surface area contributed by atoms with E-state index in [1.54, 1.807) is 18.2 Å². The van der Waals surface area contributed by atoms with Crippen molar-refractivity contribution >= 4 is 33.3 Å². The molecule has 0 N–H and O–H groups in total. The molecule has 0 aromatic heterocycles. The van der Waals surface area contributed by atoms with Crippen LogP contribution in [0.2, 0.25) is 5.02 Å². The molecule has 1 aliphatic rings. The highest BCUT2D eigenvalue weighted by Crippen LogP contribution is 2.29. The van der Waals surface area contributed by atoms with Gasteiger partial charge >= 0.3 is 0 Å². The quantitative estimate of drug-likeness (QED) is 0.680. The molecule has 0 saturated carbocycles. The number of hydrogen-bond acceptors (Lipinski definition) is 2. The molecule has 0 fully saturated rings. The second kappa shape index (κ2) is 3.91. The Kier molecular flexibility index (Phi) is 2.79. The van der Waals surface area contributed by atoms with E-state index in [1.807, 2.05) is 0 Å². The number of ketones is 1. The summed E-state index contributed by atoms with van der Waals surface area (Å²) in [5.74, 6) is 0.668. The smallest absolute Gasteiger partial charge is 0.180 e. The molecule has 0 amide bonds. The van der Waals surface area contributed by atoms with E-state index >= 15 is 0 Å². The Morgan fingerprint density at radius 3 is 3.07 bits per heavy atom. The molecule has 2 nitrogen and oxygen atoms in total. The predicted molar refractivity (Wildman–Crippen MR) is 58.6 cm³/mol. The first-order chi connectivity index (χ1) is 6.68. The minimum atomic E-state index is -0.165. The Bertz CT molecular complexity index is 378. The lowest BCUT2D eigenvalue weighted by molar-refractivity contribution is 0.0991. The van der Waals surface area contributed by atoms with Crippen molar-refractivity contribution in [1.82, 2.24) is 0 Å². The molecule has 0 aliphatic carbocycles. The van der Waals surface area contributed by atoms with Crippen LogP contribution in [0.15, 0.2) is 18.2 Å². The second-order valence-corrected chi connectivity index (χ2v) is 4.65. The summed E-state index contributed by atoms with van der Waals surface area (Å²) >= 11 is 9.15. The highest BCUT2D eigenvalue weighted by molar-refractivity contribution is 9.10. The van der Waals surface area contributed by atoms with Gasteiger partial charge in [0.15, 0.2) is 5.78 Å². The molecule has 1 aromatic carbocycles. The maximum absolute atomic E-state index is 11.8. The number of carbonyl (C=O) groups excluding carboxylic acids is 1. The molecule has 1 unspecified atom stereocenters. The molecular weight excluding hydrogens is 267 g/mol. The van der Waals surface area contributed by atoms with E-state index < -0.39 is 0 Å². The lowest BCUT2D eigenvalue weighted by Gasteiger charge is -2.05. The van der Waals surface area contributed by atoms with E-state index in [0.29, 0.717) is 29.4 Å². The third-order valence-corrected chi connectivity index (χ3v) is 3.23. The van der Waals surface area contributed by atoms with Gasteiger partial charge in [-0.15, -0.1) is 0 Å². The molecule has 4 heteroatoms. The topological polar surface area (TPSA) is 26.3 Å². The summed E-state index contributed by atoms with van der Waals surface area (Å²) in [7, 11) is 0. The highest BCUT2D eigenvalue weighted by atomic mass is 79.9. The zero-order chi connectivity index (χ0) is 10.1. The Balaban J connectivity index is 2.50. The normalized spacial score (nSPS) is 21.0. The first-order valence-corrected chi connectivity index (χ1v) is 5.58. The first-order valence-electron chi connectivity index (χ1n) is 4.29. The average Bonchev–Trinajstić information content (AvgIpc) is 2.30. The highest BCUT2D eigenvalue weighted by Gasteiger charge is 2.24. The number of carbonyl (C=O) groups is 1. The Hall–Kier alpha value is -0.540. The summed E-state index contributed by atoms with van der Waals surface area (Å²) in [6, 6.07) is 5.11. The molecular formula is C10H8BrClO2.